The van der Waals surface area contributed by atoms with Crippen LogP contribution in [-0.4, -0.2) is 10.1 Å². The van der Waals surface area contributed by atoms with Crippen molar-refractivity contribution in [3.63, 3.8) is 0 Å². The van der Waals surface area contributed by atoms with Crippen LogP contribution < -0.4 is 0 Å². The first-order valence-corrected chi connectivity index (χ1v) is 5.98. The third kappa shape index (κ3) is 3.29. The van der Waals surface area contributed by atoms with Gasteiger partial charge in [-0.1, -0.05) is 36.4 Å². The number of nitrogens with zero attached hydrogens (tertiary/aromatic N) is 1. The van der Waals surface area contributed by atoms with Gasteiger partial charge in [-0.2, -0.15) is 0 Å². The summed E-state index contributed by atoms with van der Waals surface area (Å²) in [5.41, 5.74) is 1.83. The summed E-state index contributed by atoms with van der Waals surface area (Å²) in [7, 11) is 0. The van der Waals surface area contributed by atoms with E-state index in [1.165, 1.54) is 0 Å². The van der Waals surface area contributed by atoms with Crippen LogP contribution in [0.1, 0.15) is 29.0 Å². The van der Waals surface area contributed by atoms with Crippen LogP contribution in [0.4, 0.5) is 0 Å². The van der Waals surface area contributed by atoms with Gasteiger partial charge in [0, 0.05) is 12.4 Å². The van der Waals surface area contributed by atoms with Crippen molar-refractivity contribution in [1.82, 2.24) is 4.98 Å². The molecular weight excluding hydrogens is 234 g/mol. The molecule has 17 heavy (non-hydrogen) atoms. The highest BCUT2D eigenvalue weighted by Gasteiger charge is 2.15. The molecule has 2 aromatic rings. The van der Waals surface area contributed by atoms with Crippen LogP contribution in [0.3, 0.4) is 0 Å². The maximum atomic E-state index is 10.0. The van der Waals surface area contributed by atoms with Gasteiger partial charge >= 0.3 is 0 Å². The number of pyridine rings is 1. The largest absolute Gasteiger partial charge is 0.388 e. The van der Waals surface area contributed by atoms with Gasteiger partial charge in [-0.25, -0.2) is 0 Å². The molecular formula is C14H14ClNO. The first-order chi connectivity index (χ1) is 8.27. The van der Waals surface area contributed by atoms with Crippen molar-refractivity contribution in [2.45, 2.75) is 17.9 Å². The molecule has 1 aromatic carbocycles. The number of halogens is 1. The molecule has 0 saturated heterocycles. The number of aromatic nitrogens is 1. The fraction of sp³-hybridized carbons (Fsp3) is 0.214. The van der Waals surface area contributed by atoms with E-state index in [0.717, 1.165) is 11.1 Å². The maximum absolute atomic E-state index is 10.0. The Labute approximate surface area is 106 Å². The second kappa shape index (κ2) is 5.80. The van der Waals surface area contributed by atoms with Crippen molar-refractivity contribution in [2.24, 2.45) is 0 Å². The SMILES string of the molecule is O[C@H](C[C@@H](Cl)c1ccccc1)c1cccnc1. The number of benzene rings is 1. The molecule has 0 aliphatic heterocycles. The summed E-state index contributed by atoms with van der Waals surface area (Å²) in [6.07, 6.45) is 3.26. The molecule has 1 aromatic heterocycles. The van der Waals surface area contributed by atoms with Crippen LogP contribution in [0, 0.1) is 0 Å². The van der Waals surface area contributed by atoms with Gasteiger partial charge in [0.15, 0.2) is 0 Å². The predicted octanol–water partition coefficient (Wildman–Crippen LogP) is 3.49. The van der Waals surface area contributed by atoms with Gasteiger partial charge in [0.2, 0.25) is 0 Å². The Morgan fingerprint density at radius 3 is 2.41 bits per heavy atom. The molecule has 2 nitrogen and oxygen atoms in total. The highest BCUT2D eigenvalue weighted by atomic mass is 35.5. The molecule has 0 radical (unpaired) electrons. The van der Waals surface area contributed by atoms with E-state index in [4.69, 9.17) is 11.6 Å². The van der Waals surface area contributed by atoms with E-state index in [9.17, 15) is 5.11 Å². The van der Waals surface area contributed by atoms with E-state index < -0.39 is 6.10 Å². The van der Waals surface area contributed by atoms with Gasteiger partial charge in [0.1, 0.15) is 0 Å². The molecule has 88 valence electrons. The minimum absolute atomic E-state index is 0.189. The van der Waals surface area contributed by atoms with Gasteiger partial charge in [0.25, 0.3) is 0 Å². The summed E-state index contributed by atoms with van der Waals surface area (Å²) in [6, 6.07) is 13.4. The molecule has 2 rings (SSSR count). The van der Waals surface area contributed by atoms with Gasteiger partial charge in [-0.05, 0) is 23.6 Å². The normalized spacial score (nSPS) is 14.2. The highest BCUT2D eigenvalue weighted by Crippen LogP contribution is 2.30. The number of aliphatic hydroxyl groups is 1. The smallest absolute Gasteiger partial charge is 0.0822 e. The molecule has 0 aliphatic carbocycles. The second-order valence-corrected chi connectivity index (χ2v) is 4.44. The standard InChI is InChI=1S/C14H14ClNO/c15-13(11-5-2-1-3-6-11)9-14(17)12-7-4-8-16-10-12/h1-8,10,13-14,17H,9H2/t13-,14-/m1/s1. The minimum atomic E-state index is -0.577. The molecule has 0 fully saturated rings. The van der Waals surface area contributed by atoms with E-state index in [-0.39, 0.29) is 5.38 Å². The zero-order chi connectivity index (χ0) is 12.1. The monoisotopic (exact) mass is 247 g/mol. The van der Waals surface area contributed by atoms with E-state index in [1.54, 1.807) is 12.4 Å². The molecule has 1 N–H and O–H groups in total. The summed E-state index contributed by atoms with van der Waals surface area (Å²) in [5, 5.41) is 9.84. The molecule has 0 amide bonds. The lowest BCUT2D eigenvalue weighted by atomic mass is 10.0. The number of hydrogen-bond donors (Lipinski definition) is 1. The fourth-order valence-corrected chi connectivity index (χ4v) is 2.02. The summed E-state index contributed by atoms with van der Waals surface area (Å²) < 4.78 is 0. The van der Waals surface area contributed by atoms with Crippen molar-refractivity contribution in [3.8, 4) is 0 Å². The zero-order valence-electron chi connectivity index (χ0n) is 9.33. The minimum Gasteiger partial charge on any atom is -0.388 e. The lowest BCUT2D eigenvalue weighted by Gasteiger charge is -2.15. The van der Waals surface area contributed by atoms with Gasteiger partial charge in [0.05, 0.1) is 11.5 Å². The predicted molar refractivity (Wildman–Crippen MR) is 68.8 cm³/mol. The Morgan fingerprint density at radius 2 is 1.76 bits per heavy atom. The van der Waals surface area contributed by atoms with Crippen molar-refractivity contribution in [1.29, 1.82) is 0 Å². The van der Waals surface area contributed by atoms with E-state index in [1.807, 2.05) is 42.5 Å². The number of aliphatic hydroxyl groups excluding tert-OH is 1. The Balaban J connectivity index is 2.02. The Hall–Kier alpha value is -1.38. The van der Waals surface area contributed by atoms with Crippen LogP contribution in [0.5, 0.6) is 0 Å². The molecule has 0 unspecified atom stereocenters. The number of alkyl halides is 1. The first-order valence-electron chi connectivity index (χ1n) is 5.54. The van der Waals surface area contributed by atoms with Crippen LogP contribution >= 0.6 is 11.6 Å². The first kappa shape index (κ1) is 12.1. The molecule has 0 saturated carbocycles. The molecule has 3 heteroatoms. The fourth-order valence-electron chi connectivity index (χ4n) is 1.70. The van der Waals surface area contributed by atoms with Crippen molar-refractivity contribution < 1.29 is 5.11 Å². The third-order valence-electron chi connectivity index (χ3n) is 2.66. The van der Waals surface area contributed by atoms with Crippen LogP contribution in [0.2, 0.25) is 0 Å². The maximum Gasteiger partial charge on any atom is 0.0822 e. The van der Waals surface area contributed by atoms with Crippen LogP contribution in [0.25, 0.3) is 0 Å². The van der Waals surface area contributed by atoms with Gasteiger partial charge in [-0.3, -0.25) is 4.98 Å². The van der Waals surface area contributed by atoms with Crippen LogP contribution in [0.15, 0.2) is 54.9 Å². The summed E-state index contributed by atoms with van der Waals surface area (Å²) in [5.74, 6) is 0. The lowest BCUT2D eigenvalue weighted by molar-refractivity contribution is 0.166. The van der Waals surface area contributed by atoms with E-state index >= 15 is 0 Å². The molecule has 1 heterocycles. The Morgan fingerprint density at radius 1 is 1.06 bits per heavy atom. The molecule has 0 aliphatic rings. The van der Waals surface area contributed by atoms with Crippen molar-refractivity contribution >= 4 is 11.6 Å². The zero-order valence-corrected chi connectivity index (χ0v) is 10.1. The summed E-state index contributed by atoms with van der Waals surface area (Å²) in [6.45, 7) is 0. The number of rotatable bonds is 4. The van der Waals surface area contributed by atoms with E-state index in [0.29, 0.717) is 6.42 Å². The van der Waals surface area contributed by atoms with E-state index in [2.05, 4.69) is 4.98 Å². The Bertz CT molecular complexity index is 403. The topological polar surface area (TPSA) is 33.1 Å². The average Bonchev–Trinajstić information content (AvgIpc) is 2.40. The summed E-state index contributed by atoms with van der Waals surface area (Å²) in [4.78, 5) is 3.98. The molecule has 2 atom stereocenters. The second-order valence-electron chi connectivity index (χ2n) is 3.92. The molecule has 0 spiro atoms. The van der Waals surface area contributed by atoms with Crippen molar-refractivity contribution in [3.05, 3.63) is 66.0 Å². The quantitative estimate of drug-likeness (QED) is 0.839. The van der Waals surface area contributed by atoms with Gasteiger partial charge in [-0.15, -0.1) is 11.6 Å². The third-order valence-corrected chi connectivity index (χ3v) is 3.09. The number of hydrogen-bond acceptors (Lipinski definition) is 2. The van der Waals surface area contributed by atoms with Gasteiger partial charge < -0.3 is 5.11 Å². The lowest BCUT2D eigenvalue weighted by Crippen LogP contribution is -2.02. The highest BCUT2D eigenvalue weighted by molar-refractivity contribution is 6.20. The summed E-state index contributed by atoms with van der Waals surface area (Å²) >= 11 is 6.27. The molecule has 0 bridgehead atoms. The average molecular weight is 248 g/mol. The van der Waals surface area contributed by atoms with Crippen LogP contribution in [-0.2, 0) is 0 Å². The Kier molecular flexibility index (Phi) is 4.13. The van der Waals surface area contributed by atoms with Crippen molar-refractivity contribution in [2.75, 3.05) is 0 Å².